The molecular weight excluding hydrogens is 466 g/mol. The highest BCUT2D eigenvalue weighted by Crippen LogP contribution is 2.40. The van der Waals surface area contributed by atoms with Crippen molar-refractivity contribution in [2.45, 2.75) is 85.2 Å². The van der Waals surface area contributed by atoms with E-state index in [-0.39, 0.29) is 16.7 Å². The Balaban J connectivity index is 1.99. The van der Waals surface area contributed by atoms with Gasteiger partial charge in [-0.1, -0.05) is 53.7 Å². The molecule has 2 aromatic rings. The van der Waals surface area contributed by atoms with Crippen LogP contribution in [0.4, 0.5) is 0 Å². The molecule has 1 amide bonds. The number of carbonyl (C=O) groups excluding carboxylic acids is 2. The van der Waals surface area contributed by atoms with Crippen molar-refractivity contribution in [2.24, 2.45) is 0 Å². The van der Waals surface area contributed by atoms with Gasteiger partial charge in [0, 0.05) is 23.7 Å². The van der Waals surface area contributed by atoms with Crippen LogP contribution in [0.15, 0.2) is 42.5 Å². The van der Waals surface area contributed by atoms with Crippen molar-refractivity contribution in [3.05, 3.63) is 64.7 Å². The summed E-state index contributed by atoms with van der Waals surface area (Å²) < 4.78 is 10.8. The average Bonchev–Trinajstić information content (AvgIpc) is 2.78. The molecule has 0 bridgehead atoms. The maximum absolute atomic E-state index is 12.5. The normalized spacial score (nSPS) is 12.5. The lowest BCUT2D eigenvalue weighted by Gasteiger charge is -2.27. The Bertz CT molecular complexity index is 1080. The summed E-state index contributed by atoms with van der Waals surface area (Å²) in [6, 6.07) is 11.3. The molecule has 2 N–H and O–H groups in total. The SMILES string of the molecule is CCOC(=O)C(C)(C)Oc1ccc(CCNC(=O)C=Cc2cc(C(C)(C)C)c(O)c(C(C)(C)C)c2)cc1. The Morgan fingerprint density at radius 3 is 1.95 bits per heavy atom. The van der Waals surface area contributed by atoms with E-state index in [1.165, 1.54) is 6.08 Å². The van der Waals surface area contributed by atoms with Gasteiger partial charge in [0.05, 0.1) is 6.61 Å². The minimum absolute atomic E-state index is 0.182. The first-order valence-corrected chi connectivity index (χ1v) is 12.8. The van der Waals surface area contributed by atoms with E-state index in [2.05, 4.69) is 46.9 Å². The lowest BCUT2D eigenvalue weighted by atomic mass is 9.78. The van der Waals surface area contributed by atoms with E-state index in [0.717, 1.165) is 22.3 Å². The molecule has 0 aliphatic heterocycles. The number of carbonyl (C=O) groups is 2. The van der Waals surface area contributed by atoms with Crippen LogP contribution in [-0.2, 0) is 31.6 Å². The molecule has 0 heterocycles. The third kappa shape index (κ3) is 8.66. The van der Waals surface area contributed by atoms with E-state index in [0.29, 0.717) is 31.1 Å². The van der Waals surface area contributed by atoms with Crippen molar-refractivity contribution in [3.8, 4) is 11.5 Å². The highest BCUT2D eigenvalue weighted by Gasteiger charge is 2.31. The zero-order chi connectivity index (χ0) is 28.0. The van der Waals surface area contributed by atoms with Gasteiger partial charge in [-0.25, -0.2) is 4.79 Å². The number of ether oxygens (including phenoxy) is 2. The summed E-state index contributed by atoms with van der Waals surface area (Å²) in [5.41, 5.74) is 2.10. The summed E-state index contributed by atoms with van der Waals surface area (Å²) in [5.74, 6) is 0.305. The molecule has 0 saturated heterocycles. The molecule has 2 rings (SSSR count). The van der Waals surface area contributed by atoms with Crippen LogP contribution in [0.25, 0.3) is 6.08 Å². The smallest absolute Gasteiger partial charge is 0.349 e. The second-order valence-corrected chi connectivity index (χ2v) is 11.8. The van der Waals surface area contributed by atoms with Crippen LogP contribution in [0.1, 0.15) is 84.6 Å². The van der Waals surface area contributed by atoms with Crippen LogP contribution in [-0.4, -0.2) is 35.7 Å². The summed E-state index contributed by atoms with van der Waals surface area (Å²) in [4.78, 5) is 24.5. The molecule has 0 unspecified atom stereocenters. The number of esters is 1. The fourth-order valence-corrected chi connectivity index (χ4v) is 3.82. The van der Waals surface area contributed by atoms with Gasteiger partial charge in [0.25, 0.3) is 0 Å². The zero-order valence-electron chi connectivity index (χ0n) is 23.8. The molecule has 6 heteroatoms. The summed E-state index contributed by atoms with van der Waals surface area (Å²) >= 11 is 0. The Kier molecular flexibility index (Phi) is 9.59. The number of amides is 1. The number of nitrogens with one attached hydrogen (secondary N) is 1. The van der Waals surface area contributed by atoms with E-state index in [4.69, 9.17) is 9.47 Å². The first kappa shape index (κ1) is 29.9. The van der Waals surface area contributed by atoms with Crippen LogP contribution in [0, 0.1) is 0 Å². The number of hydrogen-bond donors (Lipinski definition) is 2. The summed E-state index contributed by atoms with van der Waals surface area (Å²) in [5, 5.41) is 13.8. The zero-order valence-corrected chi connectivity index (χ0v) is 23.8. The Labute approximate surface area is 222 Å². The third-order valence-electron chi connectivity index (χ3n) is 5.95. The maximum Gasteiger partial charge on any atom is 0.349 e. The fraction of sp³-hybridized carbons (Fsp3) is 0.484. The predicted octanol–water partition coefficient (Wildman–Crippen LogP) is 6.08. The molecule has 0 spiro atoms. The van der Waals surface area contributed by atoms with Gasteiger partial charge in [0.2, 0.25) is 5.91 Å². The second kappa shape index (κ2) is 11.8. The van der Waals surface area contributed by atoms with Gasteiger partial charge in [0.15, 0.2) is 5.60 Å². The fourth-order valence-electron chi connectivity index (χ4n) is 3.82. The van der Waals surface area contributed by atoms with E-state index in [1.807, 2.05) is 36.4 Å². The highest BCUT2D eigenvalue weighted by atomic mass is 16.6. The molecule has 0 aromatic heterocycles. The number of phenolic OH excluding ortho intramolecular Hbond substituents is 1. The van der Waals surface area contributed by atoms with E-state index in [1.54, 1.807) is 26.8 Å². The molecule has 2 aromatic carbocycles. The first-order chi connectivity index (χ1) is 17.0. The summed E-state index contributed by atoms with van der Waals surface area (Å²) in [6.45, 7) is 18.3. The van der Waals surface area contributed by atoms with Crippen LogP contribution in [0.2, 0.25) is 0 Å². The van der Waals surface area contributed by atoms with Crippen LogP contribution < -0.4 is 10.1 Å². The molecule has 0 atom stereocenters. The second-order valence-electron chi connectivity index (χ2n) is 11.8. The Morgan fingerprint density at radius 1 is 0.919 bits per heavy atom. The minimum atomic E-state index is -1.07. The van der Waals surface area contributed by atoms with Crippen molar-refractivity contribution in [3.63, 3.8) is 0 Å². The van der Waals surface area contributed by atoms with Gasteiger partial charge in [-0.3, -0.25) is 4.79 Å². The number of aromatic hydroxyl groups is 1. The van der Waals surface area contributed by atoms with Crippen LogP contribution in [0.3, 0.4) is 0 Å². The van der Waals surface area contributed by atoms with Gasteiger partial charge in [0.1, 0.15) is 11.5 Å². The van der Waals surface area contributed by atoms with Gasteiger partial charge in [-0.15, -0.1) is 0 Å². The maximum atomic E-state index is 12.5. The Hall–Kier alpha value is -3.28. The highest BCUT2D eigenvalue weighted by molar-refractivity contribution is 5.91. The predicted molar refractivity (Wildman–Crippen MR) is 149 cm³/mol. The molecule has 37 heavy (non-hydrogen) atoms. The van der Waals surface area contributed by atoms with E-state index < -0.39 is 11.6 Å². The minimum Gasteiger partial charge on any atom is -0.507 e. The van der Waals surface area contributed by atoms with E-state index in [9.17, 15) is 14.7 Å². The van der Waals surface area contributed by atoms with E-state index >= 15 is 0 Å². The molecule has 0 aliphatic rings. The monoisotopic (exact) mass is 509 g/mol. The van der Waals surface area contributed by atoms with Crippen LogP contribution in [0.5, 0.6) is 11.5 Å². The molecule has 0 saturated carbocycles. The van der Waals surface area contributed by atoms with Crippen molar-refractivity contribution >= 4 is 18.0 Å². The van der Waals surface area contributed by atoms with Crippen molar-refractivity contribution in [1.29, 1.82) is 0 Å². The van der Waals surface area contributed by atoms with Gasteiger partial charge in [-0.2, -0.15) is 0 Å². The lowest BCUT2D eigenvalue weighted by Crippen LogP contribution is -2.39. The van der Waals surface area contributed by atoms with Crippen molar-refractivity contribution in [2.75, 3.05) is 13.2 Å². The molecule has 0 fully saturated rings. The number of hydrogen-bond acceptors (Lipinski definition) is 5. The third-order valence-corrected chi connectivity index (χ3v) is 5.95. The first-order valence-electron chi connectivity index (χ1n) is 12.8. The van der Waals surface area contributed by atoms with Crippen molar-refractivity contribution in [1.82, 2.24) is 5.32 Å². The summed E-state index contributed by atoms with van der Waals surface area (Å²) in [7, 11) is 0. The molecule has 0 radical (unpaired) electrons. The molecule has 202 valence electrons. The largest absolute Gasteiger partial charge is 0.507 e. The Morgan fingerprint density at radius 2 is 1.46 bits per heavy atom. The van der Waals surface area contributed by atoms with Gasteiger partial charge >= 0.3 is 5.97 Å². The van der Waals surface area contributed by atoms with Crippen LogP contribution >= 0.6 is 0 Å². The lowest BCUT2D eigenvalue weighted by molar-refractivity contribution is -0.158. The number of phenols is 1. The number of benzene rings is 2. The molecule has 0 aliphatic carbocycles. The van der Waals surface area contributed by atoms with Gasteiger partial charge in [-0.05, 0) is 79.5 Å². The van der Waals surface area contributed by atoms with Gasteiger partial charge < -0.3 is 19.9 Å². The summed E-state index contributed by atoms with van der Waals surface area (Å²) in [6.07, 6.45) is 3.97. The quantitative estimate of drug-likeness (QED) is 0.316. The topological polar surface area (TPSA) is 84.9 Å². The average molecular weight is 510 g/mol. The number of rotatable bonds is 9. The molecular formula is C31H43NO5. The van der Waals surface area contributed by atoms with Crippen molar-refractivity contribution < 1.29 is 24.2 Å². The standard InChI is InChI=1S/C31H43NO5/c1-10-36-28(35)31(8,9)37-23-14-11-21(12-15-23)17-18-32-26(33)16-13-22-19-24(29(2,3)4)27(34)25(20-22)30(5,6)7/h11-16,19-20,34H,10,17-18H2,1-9H3,(H,32,33). The molecule has 6 nitrogen and oxygen atoms in total.